The standard InChI is InChI=1S/C14H12Cl2N2O4S/c1-22-11-6-5-8(7-12(11)23(17,20)21)14(19)18-10-4-2-3-9(15)13(10)16/h2-7H,1H3,(H,18,19)(H2,17,20,21). The molecule has 0 aliphatic rings. The number of nitrogens with two attached hydrogens (primary N) is 1. The zero-order chi connectivity index (χ0) is 17.2. The van der Waals surface area contributed by atoms with Gasteiger partial charge in [0.1, 0.15) is 10.6 Å². The number of primary sulfonamides is 1. The second kappa shape index (κ2) is 6.76. The van der Waals surface area contributed by atoms with Crippen molar-refractivity contribution in [3.8, 4) is 5.75 Å². The van der Waals surface area contributed by atoms with Crippen LogP contribution < -0.4 is 15.2 Å². The summed E-state index contributed by atoms with van der Waals surface area (Å²) in [5, 5.41) is 8.14. The number of benzene rings is 2. The molecule has 2 aromatic rings. The van der Waals surface area contributed by atoms with Crippen molar-refractivity contribution in [2.45, 2.75) is 4.90 Å². The highest BCUT2D eigenvalue weighted by Gasteiger charge is 2.18. The maximum absolute atomic E-state index is 12.3. The van der Waals surface area contributed by atoms with Crippen molar-refractivity contribution < 1.29 is 17.9 Å². The van der Waals surface area contributed by atoms with Crippen LogP contribution in [-0.2, 0) is 10.0 Å². The Kier molecular flexibility index (Phi) is 5.16. The number of carbonyl (C=O) groups excluding carboxylic acids is 1. The van der Waals surface area contributed by atoms with Crippen molar-refractivity contribution in [1.29, 1.82) is 0 Å². The van der Waals surface area contributed by atoms with Crippen LogP contribution in [0.25, 0.3) is 0 Å². The van der Waals surface area contributed by atoms with E-state index >= 15 is 0 Å². The Morgan fingerprint density at radius 2 is 1.91 bits per heavy atom. The molecule has 0 unspecified atom stereocenters. The number of hydrogen-bond donors (Lipinski definition) is 2. The molecule has 2 rings (SSSR count). The van der Waals surface area contributed by atoms with Gasteiger partial charge in [0, 0.05) is 5.56 Å². The lowest BCUT2D eigenvalue weighted by atomic mass is 10.2. The fraction of sp³-hybridized carbons (Fsp3) is 0.0714. The molecular weight excluding hydrogens is 363 g/mol. The average Bonchev–Trinajstić information content (AvgIpc) is 2.50. The Morgan fingerprint density at radius 3 is 2.52 bits per heavy atom. The summed E-state index contributed by atoms with van der Waals surface area (Å²) in [6.07, 6.45) is 0. The minimum absolute atomic E-state index is 0.0461. The van der Waals surface area contributed by atoms with Gasteiger partial charge in [-0.2, -0.15) is 0 Å². The van der Waals surface area contributed by atoms with Gasteiger partial charge in [0.05, 0.1) is 22.8 Å². The second-order valence-electron chi connectivity index (χ2n) is 4.47. The van der Waals surface area contributed by atoms with Gasteiger partial charge in [0.15, 0.2) is 0 Å². The van der Waals surface area contributed by atoms with Crippen LogP contribution in [0.1, 0.15) is 10.4 Å². The molecule has 23 heavy (non-hydrogen) atoms. The first-order chi connectivity index (χ1) is 10.7. The number of nitrogens with one attached hydrogen (secondary N) is 1. The molecule has 0 spiro atoms. The van der Waals surface area contributed by atoms with Crippen LogP contribution in [0, 0.1) is 0 Å². The van der Waals surface area contributed by atoms with Crippen LogP contribution in [0.15, 0.2) is 41.3 Å². The van der Waals surface area contributed by atoms with Crippen LogP contribution in [0.5, 0.6) is 5.75 Å². The molecule has 0 heterocycles. The summed E-state index contributed by atoms with van der Waals surface area (Å²) in [5.41, 5.74) is 0.378. The van der Waals surface area contributed by atoms with E-state index in [9.17, 15) is 13.2 Å². The van der Waals surface area contributed by atoms with Crippen molar-refractivity contribution >= 4 is 44.8 Å². The Morgan fingerprint density at radius 1 is 1.22 bits per heavy atom. The fourth-order valence-electron chi connectivity index (χ4n) is 1.84. The minimum atomic E-state index is -4.04. The molecular formula is C14H12Cl2N2O4S. The van der Waals surface area contributed by atoms with E-state index in [0.717, 1.165) is 6.07 Å². The topological polar surface area (TPSA) is 98.5 Å². The number of methoxy groups -OCH3 is 1. The molecule has 6 nitrogen and oxygen atoms in total. The maximum atomic E-state index is 12.3. The number of sulfonamides is 1. The SMILES string of the molecule is COc1ccc(C(=O)Nc2cccc(Cl)c2Cl)cc1S(N)(=O)=O. The van der Waals surface area contributed by atoms with E-state index in [1.165, 1.54) is 19.2 Å². The summed E-state index contributed by atoms with van der Waals surface area (Å²) in [4.78, 5) is 12.0. The molecule has 2 aromatic carbocycles. The quantitative estimate of drug-likeness (QED) is 0.859. The smallest absolute Gasteiger partial charge is 0.255 e. The van der Waals surface area contributed by atoms with Gasteiger partial charge in [-0.15, -0.1) is 0 Å². The Labute approximate surface area is 143 Å². The predicted molar refractivity (Wildman–Crippen MR) is 88.8 cm³/mol. The van der Waals surface area contributed by atoms with Gasteiger partial charge in [0.2, 0.25) is 10.0 Å². The molecule has 0 fully saturated rings. The molecule has 0 saturated heterocycles. The number of hydrogen-bond acceptors (Lipinski definition) is 4. The molecule has 0 saturated carbocycles. The van der Waals surface area contributed by atoms with Crippen LogP contribution in [0.3, 0.4) is 0 Å². The van der Waals surface area contributed by atoms with Crippen molar-refractivity contribution in [3.63, 3.8) is 0 Å². The highest BCUT2D eigenvalue weighted by Crippen LogP contribution is 2.30. The highest BCUT2D eigenvalue weighted by molar-refractivity contribution is 7.89. The van der Waals surface area contributed by atoms with Crippen LogP contribution >= 0.6 is 23.2 Å². The minimum Gasteiger partial charge on any atom is -0.495 e. The van der Waals surface area contributed by atoms with Crippen molar-refractivity contribution in [2.75, 3.05) is 12.4 Å². The molecule has 9 heteroatoms. The lowest BCUT2D eigenvalue weighted by Crippen LogP contribution is -2.17. The van der Waals surface area contributed by atoms with Gasteiger partial charge in [-0.05, 0) is 30.3 Å². The first-order valence-corrected chi connectivity index (χ1v) is 8.50. The van der Waals surface area contributed by atoms with E-state index in [-0.39, 0.29) is 26.3 Å². The predicted octanol–water partition coefficient (Wildman–Crippen LogP) is 2.90. The summed E-state index contributed by atoms with van der Waals surface area (Å²) in [7, 11) is -2.74. The van der Waals surface area contributed by atoms with E-state index in [0.29, 0.717) is 5.69 Å². The summed E-state index contributed by atoms with van der Waals surface area (Å²) < 4.78 is 28.1. The van der Waals surface area contributed by atoms with Gasteiger partial charge < -0.3 is 10.1 Å². The van der Waals surface area contributed by atoms with Gasteiger partial charge in [-0.1, -0.05) is 29.3 Å². The van der Waals surface area contributed by atoms with Crippen LogP contribution in [0.4, 0.5) is 5.69 Å². The zero-order valence-corrected chi connectivity index (χ0v) is 14.2. The molecule has 122 valence electrons. The molecule has 0 aliphatic carbocycles. The monoisotopic (exact) mass is 374 g/mol. The molecule has 0 aromatic heterocycles. The van der Waals surface area contributed by atoms with E-state index in [1.807, 2.05) is 0 Å². The van der Waals surface area contributed by atoms with E-state index < -0.39 is 15.9 Å². The first kappa shape index (κ1) is 17.6. The van der Waals surface area contributed by atoms with Crippen molar-refractivity contribution in [3.05, 3.63) is 52.0 Å². The number of halogens is 2. The van der Waals surface area contributed by atoms with Crippen LogP contribution in [0.2, 0.25) is 10.0 Å². The highest BCUT2D eigenvalue weighted by atomic mass is 35.5. The lowest BCUT2D eigenvalue weighted by molar-refractivity contribution is 0.102. The van der Waals surface area contributed by atoms with Gasteiger partial charge in [0.25, 0.3) is 5.91 Å². The summed E-state index contributed by atoms with van der Waals surface area (Å²) in [6, 6.07) is 8.63. The number of amides is 1. The zero-order valence-electron chi connectivity index (χ0n) is 11.8. The van der Waals surface area contributed by atoms with Crippen LogP contribution in [-0.4, -0.2) is 21.4 Å². The molecule has 3 N–H and O–H groups in total. The summed E-state index contributed by atoms with van der Waals surface area (Å²) in [6.45, 7) is 0. The van der Waals surface area contributed by atoms with E-state index in [2.05, 4.69) is 5.32 Å². The average molecular weight is 375 g/mol. The second-order valence-corrected chi connectivity index (χ2v) is 6.78. The molecule has 0 atom stereocenters. The molecule has 0 radical (unpaired) electrons. The Balaban J connectivity index is 2.39. The summed E-state index contributed by atoms with van der Waals surface area (Å²) in [5.74, 6) is -0.522. The van der Waals surface area contributed by atoms with E-state index in [1.54, 1.807) is 18.2 Å². The first-order valence-electron chi connectivity index (χ1n) is 6.20. The Bertz CT molecular complexity index is 869. The van der Waals surface area contributed by atoms with E-state index in [4.69, 9.17) is 33.1 Å². The molecule has 0 aliphatic heterocycles. The third-order valence-electron chi connectivity index (χ3n) is 2.93. The number of carbonyl (C=O) groups is 1. The van der Waals surface area contributed by atoms with Gasteiger partial charge in [-0.3, -0.25) is 4.79 Å². The van der Waals surface area contributed by atoms with Gasteiger partial charge >= 0.3 is 0 Å². The number of rotatable bonds is 4. The lowest BCUT2D eigenvalue weighted by Gasteiger charge is -2.11. The number of anilines is 1. The third kappa shape index (κ3) is 3.94. The normalized spacial score (nSPS) is 11.1. The maximum Gasteiger partial charge on any atom is 0.255 e. The third-order valence-corrected chi connectivity index (χ3v) is 4.68. The van der Waals surface area contributed by atoms with Gasteiger partial charge in [-0.25, -0.2) is 13.6 Å². The van der Waals surface area contributed by atoms with Crippen molar-refractivity contribution in [2.24, 2.45) is 5.14 Å². The largest absolute Gasteiger partial charge is 0.495 e. The van der Waals surface area contributed by atoms with Crippen molar-refractivity contribution in [1.82, 2.24) is 0 Å². The molecule has 0 bridgehead atoms. The Hall–Kier alpha value is -1.80. The number of ether oxygens (including phenoxy) is 1. The molecule has 1 amide bonds. The fourth-order valence-corrected chi connectivity index (χ4v) is 2.91. The summed E-state index contributed by atoms with van der Waals surface area (Å²) >= 11 is 11.9.